The topological polar surface area (TPSA) is 38.1 Å². The van der Waals surface area contributed by atoms with E-state index in [-0.39, 0.29) is 0 Å². The molecule has 3 nitrogen and oxygen atoms in total. The van der Waals surface area contributed by atoms with Crippen LogP contribution in [0.25, 0.3) is 11.3 Å². The number of hydrogen-bond donors (Lipinski definition) is 1. The molecular formula is C14H16BrClN2O. The smallest absolute Gasteiger partial charge is 0.194 e. The molecule has 1 aromatic heterocycles. The Labute approximate surface area is 126 Å². The molecule has 1 heterocycles. The van der Waals surface area contributed by atoms with Crippen molar-refractivity contribution < 1.29 is 4.42 Å². The molecule has 1 N–H and O–H groups in total. The van der Waals surface area contributed by atoms with E-state index in [2.05, 4.69) is 33.2 Å². The molecule has 1 aromatic carbocycles. The van der Waals surface area contributed by atoms with Gasteiger partial charge in [0, 0.05) is 16.5 Å². The van der Waals surface area contributed by atoms with E-state index in [1.807, 2.05) is 18.2 Å². The zero-order valence-electron chi connectivity index (χ0n) is 10.7. The normalized spacial score (nSPS) is 10.9. The molecule has 0 radical (unpaired) electrons. The van der Waals surface area contributed by atoms with E-state index in [1.54, 1.807) is 6.20 Å². The first-order valence-electron chi connectivity index (χ1n) is 6.31. The van der Waals surface area contributed by atoms with Crippen molar-refractivity contribution >= 4 is 27.5 Å². The molecule has 2 rings (SSSR count). The molecule has 0 amide bonds. The second-order valence-corrected chi connectivity index (χ2v) is 5.47. The molecule has 0 saturated carbocycles. The third-order valence-corrected chi connectivity index (χ3v) is 3.97. The Morgan fingerprint density at radius 2 is 2.26 bits per heavy atom. The van der Waals surface area contributed by atoms with Gasteiger partial charge in [0.1, 0.15) is 0 Å². The van der Waals surface area contributed by atoms with Gasteiger partial charge in [0.2, 0.25) is 0 Å². The molecular weight excluding hydrogens is 328 g/mol. The maximum absolute atomic E-state index is 5.97. The summed E-state index contributed by atoms with van der Waals surface area (Å²) >= 11 is 9.38. The van der Waals surface area contributed by atoms with Crippen LogP contribution in [0.15, 0.2) is 33.3 Å². The highest BCUT2D eigenvalue weighted by Gasteiger charge is 2.08. The Bertz CT molecular complexity index is 542. The fourth-order valence-corrected chi connectivity index (χ4v) is 2.25. The van der Waals surface area contributed by atoms with E-state index in [0.717, 1.165) is 47.6 Å². The monoisotopic (exact) mass is 342 g/mol. The molecule has 2 aromatic rings. The van der Waals surface area contributed by atoms with Gasteiger partial charge in [-0.05, 0) is 53.6 Å². The summed E-state index contributed by atoms with van der Waals surface area (Å²) in [6, 6.07) is 5.70. The van der Waals surface area contributed by atoms with E-state index < -0.39 is 0 Å². The van der Waals surface area contributed by atoms with Crippen molar-refractivity contribution in [2.24, 2.45) is 0 Å². The van der Waals surface area contributed by atoms with Crippen LogP contribution in [0.4, 0.5) is 0 Å². The molecule has 0 atom stereocenters. The number of rotatable bonds is 6. The maximum Gasteiger partial charge on any atom is 0.194 e. The summed E-state index contributed by atoms with van der Waals surface area (Å²) in [6.45, 7) is 4.08. The average molecular weight is 344 g/mol. The standard InChI is InChI=1S/C14H16BrClN2O/c1-2-17-7-3-4-14-18-9-13(19-14)10-5-6-12(16)11(15)8-10/h5-6,8-9,17H,2-4,7H2,1H3. The predicted molar refractivity (Wildman–Crippen MR) is 81.5 cm³/mol. The van der Waals surface area contributed by atoms with Crippen molar-refractivity contribution in [3.63, 3.8) is 0 Å². The van der Waals surface area contributed by atoms with Crippen LogP contribution in [0.3, 0.4) is 0 Å². The lowest BCUT2D eigenvalue weighted by atomic mass is 10.2. The maximum atomic E-state index is 5.97. The molecule has 19 heavy (non-hydrogen) atoms. The largest absolute Gasteiger partial charge is 0.441 e. The number of aryl methyl sites for hydroxylation is 1. The Morgan fingerprint density at radius 1 is 1.42 bits per heavy atom. The Balaban J connectivity index is 2.01. The number of aromatic nitrogens is 1. The van der Waals surface area contributed by atoms with Crippen molar-refractivity contribution in [1.29, 1.82) is 0 Å². The molecule has 0 unspecified atom stereocenters. The highest BCUT2D eigenvalue weighted by atomic mass is 79.9. The van der Waals surface area contributed by atoms with Gasteiger partial charge >= 0.3 is 0 Å². The minimum Gasteiger partial charge on any atom is -0.441 e. The van der Waals surface area contributed by atoms with E-state index >= 15 is 0 Å². The first kappa shape index (κ1) is 14.6. The summed E-state index contributed by atoms with van der Waals surface area (Å²) < 4.78 is 6.60. The minimum atomic E-state index is 0.689. The van der Waals surface area contributed by atoms with Crippen molar-refractivity contribution in [3.05, 3.63) is 39.8 Å². The third-order valence-electron chi connectivity index (χ3n) is 2.75. The van der Waals surface area contributed by atoms with E-state index in [1.165, 1.54) is 0 Å². The van der Waals surface area contributed by atoms with Gasteiger partial charge in [0.25, 0.3) is 0 Å². The van der Waals surface area contributed by atoms with Crippen LogP contribution in [-0.2, 0) is 6.42 Å². The Kier molecular flexibility index (Phi) is 5.43. The molecule has 0 fully saturated rings. The van der Waals surface area contributed by atoms with Gasteiger partial charge in [-0.3, -0.25) is 0 Å². The predicted octanol–water partition coefficient (Wildman–Crippen LogP) is 4.30. The number of halogens is 2. The summed E-state index contributed by atoms with van der Waals surface area (Å²) in [6.07, 6.45) is 3.64. The molecule has 0 bridgehead atoms. The molecule has 0 aliphatic carbocycles. The SMILES string of the molecule is CCNCCCc1ncc(-c2ccc(Cl)c(Br)c2)o1. The lowest BCUT2D eigenvalue weighted by molar-refractivity contribution is 0.493. The van der Waals surface area contributed by atoms with Gasteiger partial charge in [-0.25, -0.2) is 4.98 Å². The van der Waals surface area contributed by atoms with Crippen LogP contribution in [0.2, 0.25) is 5.02 Å². The van der Waals surface area contributed by atoms with Crippen molar-refractivity contribution in [2.45, 2.75) is 19.8 Å². The number of oxazole rings is 1. The summed E-state index contributed by atoms with van der Waals surface area (Å²) in [7, 11) is 0. The van der Waals surface area contributed by atoms with E-state index in [0.29, 0.717) is 5.02 Å². The van der Waals surface area contributed by atoms with Crippen molar-refractivity contribution in [2.75, 3.05) is 13.1 Å². The number of nitrogens with zero attached hydrogens (tertiary/aromatic N) is 1. The van der Waals surface area contributed by atoms with Gasteiger partial charge in [-0.2, -0.15) is 0 Å². The van der Waals surface area contributed by atoms with Crippen molar-refractivity contribution in [1.82, 2.24) is 10.3 Å². The lowest BCUT2D eigenvalue weighted by Crippen LogP contribution is -2.14. The number of nitrogens with one attached hydrogen (secondary N) is 1. The molecule has 0 aliphatic rings. The summed E-state index contributed by atoms with van der Waals surface area (Å²) in [4.78, 5) is 4.30. The van der Waals surface area contributed by atoms with Crippen LogP contribution in [0.5, 0.6) is 0 Å². The molecule has 5 heteroatoms. The van der Waals surface area contributed by atoms with Crippen LogP contribution >= 0.6 is 27.5 Å². The minimum absolute atomic E-state index is 0.689. The van der Waals surface area contributed by atoms with E-state index in [9.17, 15) is 0 Å². The summed E-state index contributed by atoms with van der Waals surface area (Å²) in [5.74, 6) is 1.55. The Morgan fingerprint density at radius 3 is 3.00 bits per heavy atom. The second kappa shape index (κ2) is 7.08. The summed E-state index contributed by atoms with van der Waals surface area (Å²) in [5, 5.41) is 3.97. The first-order valence-corrected chi connectivity index (χ1v) is 7.48. The van der Waals surface area contributed by atoms with Gasteiger partial charge < -0.3 is 9.73 Å². The van der Waals surface area contributed by atoms with Crippen LogP contribution in [0.1, 0.15) is 19.2 Å². The van der Waals surface area contributed by atoms with E-state index in [4.69, 9.17) is 16.0 Å². The molecule has 0 saturated heterocycles. The number of benzene rings is 1. The quantitative estimate of drug-likeness (QED) is 0.795. The molecule has 0 spiro atoms. The zero-order chi connectivity index (χ0) is 13.7. The van der Waals surface area contributed by atoms with Gasteiger partial charge in [0.15, 0.2) is 11.7 Å². The van der Waals surface area contributed by atoms with Crippen LogP contribution < -0.4 is 5.32 Å². The van der Waals surface area contributed by atoms with Gasteiger partial charge in [-0.15, -0.1) is 0 Å². The zero-order valence-corrected chi connectivity index (χ0v) is 13.1. The Hall–Kier alpha value is -0.840. The third kappa shape index (κ3) is 4.06. The van der Waals surface area contributed by atoms with Gasteiger partial charge in [-0.1, -0.05) is 18.5 Å². The average Bonchev–Trinajstić information content (AvgIpc) is 2.87. The molecule has 102 valence electrons. The fraction of sp³-hybridized carbons (Fsp3) is 0.357. The summed E-state index contributed by atoms with van der Waals surface area (Å²) in [5.41, 5.74) is 0.974. The van der Waals surface area contributed by atoms with Gasteiger partial charge in [0.05, 0.1) is 11.2 Å². The first-order chi connectivity index (χ1) is 9.20. The highest BCUT2D eigenvalue weighted by molar-refractivity contribution is 9.10. The highest BCUT2D eigenvalue weighted by Crippen LogP contribution is 2.29. The molecule has 0 aliphatic heterocycles. The number of hydrogen-bond acceptors (Lipinski definition) is 3. The second-order valence-electron chi connectivity index (χ2n) is 4.20. The van der Waals surface area contributed by atoms with Crippen molar-refractivity contribution in [3.8, 4) is 11.3 Å². The lowest BCUT2D eigenvalue weighted by Gasteiger charge is -2.00. The van der Waals surface area contributed by atoms with Crippen LogP contribution in [-0.4, -0.2) is 18.1 Å². The fourth-order valence-electron chi connectivity index (χ4n) is 1.75. The van der Waals surface area contributed by atoms with Crippen LogP contribution in [0, 0.1) is 0 Å².